The zero-order valence-electron chi connectivity index (χ0n) is 32.0. The lowest BCUT2D eigenvalue weighted by atomic mass is 10.00. The number of ketones is 2. The van der Waals surface area contributed by atoms with E-state index in [0.29, 0.717) is 32.1 Å². The summed E-state index contributed by atoms with van der Waals surface area (Å²) in [6.07, 6.45) is 2.71. The van der Waals surface area contributed by atoms with E-state index in [1.165, 1.54) is 0 Å². The molecule has 0 radical (unpaired) electrons. The fourth-order valence-electron chi connectivity index (χ4n) is 5.83. The first-order chi connectivity index (χ1) is 27.0. The maximum atomic E-state index is 13.2. The standard InChI is InChI=1S/C44H48N6O6/c1-6-39(53)56-24-16-23-48(25-34-17-10-7-11-18-34)42-45-43(49(26-35-19-12-8-13-20-35)28-37(30-51)40(54)32(2)3)47-44(46-42)50(27-36-21-14-9-15-22-36)29-38(31-52)41(55)33(4)5/h6-15,17-22,30-31,37-38H,1-2,4,16,23-29H2,3,5H3. The summed E-state index contributed by atoms with van der Waals surface area (Å²) in [6.45, 7) is 15.2. The quantitative estimate of drug-likeness (QED) is 0.0275. The van der Waals surface area contributed by atoms with Gasteiger partial charge in [-0.15, -0.1) is 0 Å². The average molecular weight is 757 g/mol. The van der Waals surface area contributed by atoms with Gasteiger partial charge in [0.2, 0.25) is 17.8 Å². The van der Waals surface area contributed by atoms with Gasteiger partial charge in [0.25, 0.3) is 0 Å². The molecule has 0 aliphatic rings. The molecule has 0 aliphatic heterocycles. The second kappa shape index (κ2) is 21.4. The zero-order chi connectivity index (χ0) is 40.5. The molecule has 0 amide bonds. The average Bonchev–Trinajstić information content (AvgIpc) is 3.22. The highest BCUT2D eigenvalue weighted by Gasteiger charge is 2.28. The van der Waals surface area contributed by atoms with E-state index in [-0.39, 0.29) is 61.8 Å². The largest absolute Gasteiger partial charge is 0.462 e. The Hall–Kier alpha value is -6.56. The molecule has 1 aromatic heterocycles. The van der Waals surface area contributed by atoms with Crippen LogP contribution in [0.1, 0.15) is 37.0 Å². The van der Waals surface area contributed by atoms with Crippen LogP contribution >= 0.6 is 0 Å². The van der Waals surface area contributed by atoms with Crippen LogP contribution in [0.3, 0.4) is 0 Å². The van der Waals surface area contributed by atoms with E-state index < -0.39 is 29.4 Å². The van der Waals surface area contributed by atoms with Gasteiger partial charge in [0.1, 0.15) is 12.6 Å². The fourth-order valence-corrected chi connectivity index (χ4v) is 5.83. The summed E-state index contributed by atoms with van der Waals surface area (Å²) < 4.78 is 5.28. The van der Waals surface area contributed by atoms with E-state index >= 15 is 0 Å². The number of hydrogen-bond acceptors (Lipinski definition) is 12. The van der Waals surface area contributed by atoms with Crippen LogP contribution in [0.15, 0.2) is 128 Å². The number of esters is 1. The number of anilines is 3. The highest BCUT2D eigenvalue weighted by Crippen LogP contribution is 2.26. The molecule has 4 rings (SSSR count). The van der Waals surface area contributed by atoms with Crippen molar-refractivity contribution in [3.8, 4) is 0 Å². The van der Waals surface area contributed by atoms with Crippen LogP contribution < -0.4 is 14.7 Å². The molecule has 0 spiro atoms. The summed E-state index contributed by atoms with van der Waals surface area (Å²) in [5, 5.41) is 0. The summed E-state index contributed by atoms with van der Waals surface area (Å²) >= 11 is 0. The number of ether oxygens (including phenoxy) is 1. The maximum Gasteiger partial charge on any atom is 0.330 e. The van der Waals surface area contributed by atoms with Crippen LogP contribution in [0, 0.1) is 11.8 Å². The third-order valence-electron chi connectivity index (χ3n) is 8.76. The number of carbonyl (C=O) groups excluding carboxylic acids is 5. The fraction of sp³-hybridized carbons (Fsp3) is 0.273. The number of nitrogens with zero attached hydrogens (tertiary/aromatic N) is 6. The maximum absolute atomic E-state index is 13.2. The molecule has 2 atom stereocenters. The first-order valence-electron chi connectivity index (χ1n) is 18.2. The molecule has 0 saturated carbocycles. The van der Waals surface area contributed by atoms with Gasteiger partial charge in [-0.1, -0.05) is 111 Å². The molecule has 3 aromatic carbocycles. The van der Waals surface area contributed by atoms with Gasteiger partial charge in [0.15, 0.2) is 11.6 Å². The zero-order valence-corrected chi connectivity index (χ0v) is 32.0. The Kier molecular flexibility index (Phi) is 16.1. The van der Waals surface area contributed by atoms with Crippen molar-refractivity contribution in [2.24, 2.45) is 11.8 Å². The third kappa shape index (κ3) is 12.5. The molecule has 0 aliphatic carbocycles. The molecule has 12 heteroatoms. The molecular weight excluding hydrogens is 709 g/mol. The normalized spacial score (nSPS) is 11.7. The molecule has 290 valence electrons. The van der Waals surface area contributed by atoms with E-state index in [2.05, 4.69) is 19.7 Å². The first-order valence-corrected chi connectivity index (χ1v) is 18.2. The van der Waals surface area contributed by atoms with E-state index in [0.717, 1.165) is 22.8 Å². The van der Waals surface area contributed by atoms with Crippen LogP contribution in [-0.4, -0.2) is 71.3 Å². The van der Waals surface area contributed by atoms with Gasteiger partial charge in [-0.25, -0.2) is 4.79 Å². The molecule has 0 saturated heterocycles. The summed E-state index contributed by atoms with van der Waals surface area (Å²) in [7, 11) is 0. The van der Waals surface area contributed by atoms with Crippen LogP contribution in [-0.2, 0) is 48.3 Å². The Morgan fingerprint density at radius 1 is 0.625 bits per heavy atom. The summed E-state index contributed by atoms with van der Waals surface area (Å²) in [5.41, 5.74) is 3.15. The smallest absolute Gasteiger partial charge is 0.330 e. The van der Waals surface area contributed by atoms with Crippen molar-refractivity contribution < 1.29 is 28.7 Å². The van der Waals surface area contributed by atoms with Crippen molar-refractivity contribution in [2.45, 2.75) is 39.9 Å². The lowest BCUT2D eigenvalue weighted by molar-refractivity contribution is -0.137. The Labute approximate surface area is 328 Å². The van der Waals surface area contributed by atoms with Gasteiger partial charge in [-0.05, 0) is 48.1 Å². The van der Waals surface area contributed by atoms with Crippen molar-refractivity contribution >= 4 is 48.0 Å². The van der Waals surface area contributed by atoms with Crippen molar-refractivity contribution in [1.82, 2.24) is 15.0 Å². The monoisotopic (exact) mass is 756 g/mol. The number of benzene rings is 3. The molecule has 0 N–H and O–H groups in total. The van der Waals surface area contributed by atoms with E-state index in [9.17, 15) is 24.0 Å². The van der Waals surface area contributed by atoms with Crippen molar-refractivity contribution in [2.75, 3.05) is 40.9 Å². The van der Waals surface area contributed by atoms with E-state index in [1.54, 1.807) is 23.6 Å². The summed E-state index contributed by atoms with van der Waals surface area (Å²) in [5.74, 6) is -2.98. The predicted octanol–water partition coefficient (Wildman–Crippen LogP) is 5.93. The number of aldehydes is 2. The van der Waals surface area contributed by atoms with Gasteiger partial charge < -0.3 is 29.0 Å². The number of rotatable bonds is 24. The highest BCUT2D eigenvalue weighted by molar-refractivity contribution is 6.05. The Balaban J connectivity index is 1.94. The SMILES string of the molecule is C=CC(=O)OCCCN(Cc1ccccc1)c1nc(N(Cc2ccccc2)CC(C=O)C(=O)C(=C)C)nc(N(Cc2ccccc2)CC(C=O)C(=O)C(=C)C)n1. The second-order valence-corrected chi connectivity index (χ2v) is 13.4. The van der Waals surface area contributed by atoms with Gasteiger partial charge in [-0.3, -0.25) is 9.59 Å². The third-order valence-corrected chi connectivity index (χ3v) is 8.76. The minimum absolute atomic E-state index is 0.0764. The minimum Gasteiger partial charge on any atom is -0.462 e. The topological polar surface area (TPSA) is 143 Å². The van der Waals surface area contributed by atoms with Gasteiger partial charge in [0, 0.05) is 45.3 Å². The number of hydrogen-bond donors (Lipinski definition) is 0. The number of carbonyl (C=O) groups is 5. The Morgan fingerprint density at radius 3 is 1.32 bits per heavy atom. The Bertz CT molecular complexity index is 1890. The molecule has 56 heavy (non-hydrogen) atoms. The highest BCUT2D eigenvalue weighted by atomic mass is 16.5. The minimum atomic E-state index is -1.08. The van der Waals surface area contributed by atoms with Crippen molar-refractivity contribution in [1.29, 1.82) is 0 Å². The number of allylic oxidation sites excluding steroid dienone is 2. The number of aromatic nitrogens is 3. The van der Waals surface area contributed by atoms with Crippen molar-refractivity contribution in [3.05, 3.63) is 145 Å². The number of Topliss-reactive ketones (excluding diaryl/α,β-unsaturated/α-hetero) is 2. The summed E-state index contributed by atoms with van der Waals surface area (Å²) in [4.78, 5) is 83.5. The molecule has 2 unspecified atom stereocenters. The molecule has 4 aromatic rings. The molecule has 1 heterocycles. The van der Waals surface area contributed by atoms with Crippen LogP contribution in [0.4, 0.5) is 17.8 Å². The molecule has 12 nitrogen and oxygen atoms in total. The first kappa shape index (κ1) is 42.2. The predicted molar refractivity (Wildman–Crippen MR) is 217 cm³/mol. The summed E-state index contributed by atoms with van der Waals surface area (Å²) in [6, 6.07) is 28.6. The lowest BCUT2D eigenvalue weighted by Crippen LogP contribution is -2.38. The van der Waals surface area contributed by atoms with Gasteiger partial charge >= 0.3 is 5.97 Å². The second-order valence-electron chi connectivity index (χ2n) is 13.4. The molecular formula is C44H48N6O6. The van der Waals surface area contributed by atoms with Crippen LogP contribution in [0.5, 0.6) is 0 Å². The van der Waals surface area contributed by atoms with Gasteiger partial charge in [0.05, 0.1) is 18.4 Å². The van der Waals surface area contributed by atoms with Crippen LogP contribution in [0.25, 0.3) is 0 Å². The van der Waals surface area contributed by atoms with E-state index in [1.807, 2.05) is 95.9 Å². The Morgan fingerprint density at radius 2 is 0.982 bits per heavy atom. The molecule has 0 bridgehead atoms. The van der Waals surface area contributed by atoms with Crippen molar-refractivity contribution in [3.63, 3.8) is 0 Å². The van der Waals surface area contributed by atoms with E-state index in [4.69, 9.17) is 19.7 Å². The lowest BCUT2D eigenvalue weighted by Gasteiger charge is -2.31. The van der Waals surface area contributed by atoms with Crippen LogP contribution in [0.2, 0.25) is 0 Å². The van der Waals surface area contributed by atoms with Gasteiger partial charge in [-0.2, -0.15) is 15.0 Å². The molecule has 0 fully saturated rings.